The van der Waals surface area contributed by atoms with Crippen molar-refractivity contribution in [2.45, 2.75) is 62.9 Å². The van der Waals surface area contributed by atoms with E-state index in [1.165, 1.54) is 18.4 Å². The number of fused-ring (bicyclic) bond motifs is 4. The van der Waals surface area contributed by atoms with Crippen LogP contribution in [-0.2, 0) is 0 Å². The summed E-state index contributed by atoms with van der Waals surface area (Å²) in [5.41, 5.74) is 11.1. The van der Waals surface area contributed by atoms with E-state index < -0.39 is 0 Å². The maximum atomic E-state index is 13.7. The van der Waals surface area contributed by atoms with Gasteiger partial charge in [0.05, 0.1) is 49.9 Å². The number of unbranched alkanes of at least 4 members (excludes halogenated alkanes) is 2. The van der Waals surface area contributed by atoms with Gasteiger partial charge in [0.25, 0.3) is 11.8 Å². The van der Waals surface area contributed by atoms with Gasteiger partial charge in [-0.3, -0.25) is 9.59 Å². The molecule has 4 aliphatic heterocycles. The first-order valence-corrected chi connectivity index (χ1v) is 18.0. The van der Waals surface area contributed by atoms with E-state index in [1.54, 1.807) is 20.3 Å². The SMILES string of the molecule is COc1cc2c(cc1OCCCCCOc1cc3c(cc1OC)C(=O)N1CC4(CC4)C[C@H]1CN3)NC[C@@H]1C[C@@H](c3ccc(N)cc3)CN1C2=O. The molecule has 0 unspecified atom stereocenters. The van der Waals surface area contributed by atoms with Crippen LogP contribution in [0.3, 0.4) is 0 Å². The Morgan fingerprint density at radius 1 is 0.760 bits per heavy atom. The first kappa shape index (κ1) is 32.4. The molecule has 50 heavy (non-hydrogen) atoms. The first-order valence-electron chi connectivity index (χ1n) is 18.0. The normalized spacial score (nSPS) is 22.7. The van der Waals surface area contributed by atoms with Crippen molar-refractivity contribution in [3.63, 3.8) is 0 Å². The number of nitrogens with two attached hydrogens (primary N) is 1. The summed E-state index contributed by atoms with van der Waals surface area (Å²) in [5, 5.41) is 7.03. The highest BCUT2D eigenvalue weighted by Crippen LogP contribution is 2.55. The molecule has 11 nitrogen and oxygen atoms in total. The molecule has 8 rings (SSSR count). The topological polar surface area (TPSA) is 128 Å². The van der Waals surface area contributed by atoms with Crippen molar-refractivity contribution in [3.05, 3.63) is 65.2 Å². The third-order valence-corrected chi connectivity index (χ3v) is 11.3. The van der Waals surface area contributed by atoms with Gasteiger partial charge in [0.15, 0.2) is 23.0 Å². The molecule has 2 saturated heterocycles. The predicted molar refractivity (Wildman–Crippen MR) is 192 cm³/mol. The van der Waals surface area contributed by atoms with E-state index in [2.05, 4.69) is 27.7 Å². The van der Waals surface area contributed by atoms with Crippen LogP contribution in [0.15, 0.2) is 48.5 Å². The number of carbonyl (C=O) groups is 2. The zero-order chi connectivity index (χ0) is 34.4. The van der Waals surface area contributed by atoms with Crippen molar-refractivity contribution < 1.29 is 28.5 Å². The summed E-state index contributed by atoms with van der Waals surface area (Å²) in [4.78, 5) is 31.2. The van der Waals surface area contributed by atoms with Gasteiger partial charge >= 0.3 is 0 Å². The fourth-order valence-electron chi connectivity index (χ4n) is 8.31. The van der Waals surface area contributed by atoms with Crippen LogP contribution in [-0.4, -0.2) is 87.3 Å². The Labute approximate surface area is 293 Å². The predicted octanol–water partition coefficient (Wildman–Crippen LogP) is 5.76. The molecule has 0 bridgehead atoms. The van der Waals surface area contributed by atoms with Gasteiger partial charge in [-0.25, -0.2) is 0 Å². The van der Waals surface area contributed by atoms with Crippen molar-refractivity contribution >= 4 is 28.9 Å². The number of nitrogen functional groups attached to an aromatic ring is 1. The highest BCUT2D eigenvalue weighted by Gasteiger charge is 2.54. The minimum atomic E-state index is 0.0121. The molecule has 0 aromatic heterocycles. The monoisotopic (exact) mass is 681 g/mol. The van der Waals surface area contributed by atoms with E-state index in [0.29, 0.717) is 65.8 Å². The Kier molecular flexibility index (Phi) is 8.52. The van der Waals surface area contributed by atoms with Gasteiger partial charge < -0.3 is 45.1 Å². The number of ether oxygens (including phenoxy) is 4. The molecule has 11 heteroatoms. The van der Waals surface area contributed by atoms with Gasteiger partial charge in [-0.05, 0) is 80.2 Å². The van der Waals surface area contributed by atoms with Crippen LogP contribution < -0.4 is 35.3 Å². The number of rotatable bonds is 11. The average Bonchev–Trinajstić information content (AvgIpc) is 3.66. The lowest BCUT2D eigenvalue weighted by Gasteiger charge is -2.21. The van der Waals surface area contributed by atoms with Crippen LogP contribution in [0.5, 0.6) is 23.0 Å². The van der Waals surface area contributed by atoms with Gasteiger partial charge in [-0.1, -0.05) is 12.1 Å². The second-order valence-electron chi connectivity index (χ2n) is 14.6. The first-order chi connectivity index (χ1) is 24.3. The van der Waals surface area contributed by atoms with Crippen LogP contribution in [0, 0.1) is 5.41 Å². The third kappa shape index (κ3) is 6.11. The Balaban J connectivity index is 0.832. The number of methoxy groups -OCH3 is 2. The number of nitrogens with zero attached hydrogens (tertiary/aromatic N) is 2. The summed E-state index contributed by atoms with van der Waals surface area (Å²) in [6.07, 6.45) is 7.02. The fraction of sp³-hybridized carbons (Fsp3) is 0.487. The molecule has 5 aliphatic rings. The Bertz CT molecular complexity index is 1780. The number of anilines is 3. The summed E-state index contributed by atoms with van der Waals surface area (Å²) in [6, 6.07) is 15.8. The molecule has 4 N–H and O–H groups in total. The van der Waals surface area contributed by atoms with Crippen molar-refractivity contribution in [2.24, 2.45) is 5.41 Å². The van der Waals surface area contributed by atoms with Crippen molar-refractivity contribution in [1.82, 2.24) is 9.80 Å². The minimum absolute atomic E-state index is 0.0121. The van der Waals surface area contributed by atoms with Crippen molar-refractivity contribution in [3.8, 4) is 23.0 Å². The standard InChI is InChI=1S/C39H47N5O6/c1-47-33-15-29-31(41-20-27-14-25(22-43(27)37(29)45)24-6-8-26(40)9-7-24)17-35(33)49-12-4-3-5-13-50-36-18-32-30(16-34(36)48-2)38(46)44-23-39(10-11-39)19-28(44)21-42-32/h6-9,15-18,25,27-28,41-42H,3-5,10-14,19-23,40H2,1-2H3/t25-,27+,28+/m1/s1. The van der Waals surface area contributed by atoms with Gasteiger partial charge in [0.2, 0.25) is 0 Å². The maximum absolute atomic E-state index is 13.7. The van der Waals surface area contributed by atoms with Crippen molar-refractivity contribution in [2.75, 3.05) is 70.0 Å². The fourth-order valence-corrected chi connectivity index (χ4v) is 8.31. The number of hydrogen-bond donors (Lipinski definition) is 3. The van der Waals surface area contributed by atoms with E-state index in [4.69, 9.17) is 24.7 Å². The number of benzene rings is 3. The Hall–Kier alpha value is -4.80. The average molecular weight is 682 g/mol. The largest absolute Gasteiger partial charge is 0.493 e. The Morgan fingerprint density at radius 2 is 1.34 bits per heavy atom. The van der Waals surface area contributed by atoms with E-state index >= 15 is 0 Å². The minimum Gasteiger partial charge on any atom is -0.493 e. The summed E-state index contributed by atoms with van der Waals surface area (Å²) >= 11 is 0. The number of amides is 2. The molecule has 1 aliphatic carbocycles. The van der Waals surface area contributed by atoms with E-state index in [-0.39, 0.29) is 29.8 Å². The van der Waals surface area contributed by atoms with E-state index in [9.17, 15) is 9.59 Å². The molecule has 0 radical (unpaired) electrons. The van der Waals surface area contributed by atoms with Crippen LogP contribution in [0.4, 0.5) is 17.1 Å². The molecule has 4 heterocycles. The van der Waals surface area contributed by atoms with Crippen LogP contribution in [0.1, 0.15) is 77.1 Å². The Morgan fingerprint density at radius 3 is 1.92 bits per heavy atom. The number of carbonyl (C=O) groups excluding carboxylic acids is 2. The lowest BCUT2D eigenvalue weighted by Crippen LogP contribution is -2.37. The molecule has 3 aromatic carbocycles. The maximum Gasteiger partial charge on any atom is 0.256 e. The highest BCUT2D eigenvalue weighted by atomic mass is 16.5. The van der Waals surface area contributed by atoms with E-state index in [1.807, 2.05) is 35.2 Å². The lowest BCUT2D eigenvalue weighted by molar-refractivity contribution is 0.0738. The molecule has 264 valence electrons. The van der Waals surface area contributed by atoms with Crippen LogP contribution in [0.25, 0.3) is 0 Å². The molecule has 3 fully saturated rings. The molecular weight excluding hydrogens is 634 g/mol. The smallest absolute Gasteiger partial charge is 0.256 e. The summed E-state index contributed by atoms with van der Waals surface area (Å²) in [5.74, 6) is 2.76. The van der Waals surface area contributed by atoms with Gasteiger partial charge in [0.1, 0.15) is 0 Å². The zero-order valence-corrected chi connectivity index (χ0v) is 29.0. The molecule has 1 spiro atoms. The quantitative estimate of drug-likeness (QED) is 0.171. The van der Waals surface area contributed by atoms with Gasteiger partial charge in [-0.15, -0.1) is 0 Å². The van der Waals surface area contributed by atoms with Crippen molar-refractivity contribution in [1.29, 1.82) is 0 Å². The van der Waals surface area contributed by atoms with E-state index in [0.717, 1.165) is 62.3 Å². The summed E-state index contributed by atoms with van der Waals surface area (Å²) < 4.78 is 23.7. The van der Waals surface area contributed by atoms with Gasteiger partial charge in [0, 0.05) is 62.0 Å². The number of hydrogen-bond acceptors (Lipinski definition) is 9. The lowest BCUT2D eigenvalue weighted by atomic mass is 9.96. The second-order valence-corrected chi connectivity index (χ2v) is 14.6. The third-order valence-electron chi connectivity index (χ3n) is 11.3. The second kappa shape index (κ2) is 13.2. The molecular formula is C39H47N5O6. The zero-order valence-electron chi connectivity index (χ0n) is 29.0. The summed E-state index contributed by atoms with van der Waals surface area (Å²) in [7, 11) is 3.22. The van der Waals surface area contributed by atoms with Crippen LogP contribution >= 0.6 is 0 Å². The molecule has 2 amide bonds. The number of nitrogens with one attached hydrogen (secondary N) is 2. The summed E-state index contributed by atoms with van der Waals surface area (Å²) in [6.45, 7) is 4.01. The highest BCUT2D eigenvalue weighted by molar-refractivity contribution is 6.02. The molecule has 3 aromatic rings. The van der Waals surface area contributed by atoms with Crippen LogP contribution in [0.2, 0.25) is 0 Å². The molecule has 3 atom stereocenters. The molecule has 1 saturated carbocycles. The van der Waals surface area contributed by atoms with Gasteiger partial charge in [-0.2, -0.15) is 0 Å².